The molecule has 1 unspecified atom stereocenters. The van der Waals surface area contributed by atoms with E-state index in [0.29, 0.717) is 0 Å². The van der Waals surface area contributed by atoms with Crippen LogP contribution < -0.4 is 4.90 Å². The van der Waals surface area contributed by atoms with Gasteiger partial charge in [0, 0.05) is 26.7 Å². The Hall–Kier alpha value is -0.830. The quantitative estimate of drug-likeness (QED) is 0.667. The minimum Gasteiger partial charge on any atom is -0.338 e. The zero-order chi connectivity index (χ0) is 13.4. The highest BCUT2D eigenvalue weighted by atomic mass is 35.5. The van der Waals surface area contributed by atoms with E-state index >= 15 is 0 Å². The zero-order valence-corrected chi connectivity index (χ0v) is 12.8. The molecule has 1 nitrogen and oxygen atoms in total. The Bertz CT molecular complexity index is 613. The van der Waals surface area contributed by atoms with Gasteiger partial charge >= 0.3 is 0 Å². The van der Waals surface area contributed by atoms with Crippen LogP contribution >= 0.6 is 35.0 Å². The van der Waals surface area contributed by atoms with Gasteiger partial charge in [-0.15, -0.1) is 11.6 Å². The molecule has 19 heavy (non-hydrogen) atoms. The molecule has 0 aliphatic carbocycles. The molecule has 0 amide bonds. The summed E-state index contributed by atoms with van der Waals surface area (Å²) in [5, 5.41) is 0.828. The molecule has 98 valence electrons. The van der Waals surface area contributed by atoms with Crippen LogP contribution in [0, 0.1) is 0 Å². The van der Waals surface area contributed by atoms with Crippen LogP contribution in [0.3, 0.4) is 0 Å². The van der Waals surface area contributed by atoms with E-state index in [1.807, 2.05) is 19.1 Å². The maximum absolute atomic E-state index is 6.20. The number of fused-ring (bicyclic) bond motifs is 2. The van der Waals surface area contributed by atoms with Gasteiger partial charge in [0.2, 0.25) is 0 Å². The molecule has 2 aromatic rings. The number of hydrogen-bond donors (Lipinski definition) is 0. The molecular formula is C15H13Cl2NS. The van der Waals surface area contributed by atoms with Crippen LogP contribution in [-0.4, -0.2) is 11.9 Å². The number of benzene rings is 2. The van der Waals surface area contributed by atoms with Crippen molar-refractivity contribution in [3.05, 3.63) is 47.5 Å². The van der Waals surface area contributed by atoms with Gasteiger partial charge in [0.1, 0.15) is 0 Å². The molecule has 1 atom stereocenters. The van der Waals surface area contributed by atoms with E-state index in [1.165, 1.54) is 15.5 Å². The first kappa shape index (κ1) is 13.2. The van der Waals surface area contributed by atoms with Gasteiger partial charge in [0.15, 0.2) is 0 Å². The number of rotatable bonds is 2. The van der Waals surface area contributed by atoms with Crippen LogP contribution in [0.4, 0.5) is 11.4 Å². The average Bonchev–Trinajstić information content (AvgIpc) is 2.39. The topological polar surface area (TPSA) is 3.24 Å². The lowest BCUT2D eigenvalue weighted by Gasteiger charge is -2.33. The number of hydrogen-bond acceptors (Lipinski definition) is 2. The molecule has 1 aliphatic heterocycles. The SMILES string of the molecule is CC(Cl)CN1c2ccccc2Sc2ccc(Cl)cc21. The first-order valence-electron chi connectivity index (χ1n) is 6.13. The fourth-order valence-corrected chi connectivity index (χ4v) is 3.63. The van der Waals surface area contributed by atoms with Crippen molar-refractivity contribution in [3.63, 3.8) is 0 Å². The molecule has 0 saturated heterocycles. The van der Waals surface area contributed by atoms with Crippen molar-refractivity contribution in [1.82, 2.24) is 0 Å². The van der Waals surface area contributed by atoms with Crippen molar-refractivity contribution in [2.75, 3.05) is 11.4 Å². The monoisotopic (exact) mass is 309 g/mol. The Balaban J connectivity index is 2.13. The van der Waals surface area contributed by atoms with Crippen molar-refractivity contribution in [1.29, 1.82) is 0 Å². The minimum atomic E-state index is 0.0722. The van der Waals surface area contributed by atoms with E-state index in [1.54, 1.807) is 11.8 Å². The van der Waals surface area contributed by atoms with E-state index in [-0.39, 0.29) is 5.38 Å². The number of para-hydroxylation sites is 1. The summed E-state index contributed by atoms with van der Waals surface area (Å²) in [6.07, 6.45) is 0. The van der Waals surface area contributed by atoms with Crippen molar-refractivity contribution >= 4 is 46.3 Å². The molecule has 1 aliphatic rings. The first-order valence-corrected chi connectivity index (χ1v) is 7.76. The predicted molar refractivity (Wildman–Crippen MR) is 84.3 cm³/mol. The Morgan fingerprint density at radius 2 is 1.84 bits per heavy atom. The lowest BCUT2D eigenvalue weighted by atomic mass is 10.2. The average molecular weight is 310 g/mol. The second kappa shape index (κ2) is 5.28. The van der Waals surface area contributed by atoms with E-state index in [4.69, 9.17) is 23.2 Å². The fraction of sp³-hybridized carbons (Fsp3) is 0.200. The molecule has 3 rings (SSSR count). The Morgan fingerprint density at radius 3 is 2.63 bits per heavy atom. The lowest BCUT2D eigenvalue weighted by Crippen LogP contribution is -2.26. The summed E-state index contributed by atoms with van der Waals surface area (Å²) >= 11 is 14.1. The maximum Gasteiger partial charge on any atom is 0.0568 e. The van der Waals surface area contributed by atoms with Gasteiger partial charge in [0.05, 0.1) is 11.4 Å². The third-order valence-electron chi connectivity index (χ3n) is 3.02. The van der Waals surface area contributed by atoms with E-state index in [2.05, 4.69) is 35.2 Å². The summed E-state index contributed by atoms with van der Waals surface area (Å²) in [5.74, 6) is 0. The van der Waals surface area contributed by atoms with Gasteiger partial charge in [-0.1, -0.05) is 35.5 Å². The van der Waals surface area contributed by atoms with Gasteiger partial charge in [0.25, 0.3) is 0 Å². The summed E-state index contributed by atoms with van der Waals surface area (Å²) in [5.41, 5.74) is 2.35. The van der Waals surface area contributed by atoms with Gasteiger partial charge in [-0.2, -0.15) is 0 Å². The molecule has 0 radical (unpaired) electrons. The van der Waals surface area contributed by atoms with Crippen LogP contribution in [0.15, 0.2) is 52.3 Å². The second-order valence-electron chi connectivity index (χ2n) is 4.57. The minimum absolute atomic E-state index is 0.0722. The lowest BCUT2D eigenvalue weighted by molar-refractivity contribution is 0.873. The zero-order valence-electron chi connectivity index (χ0n) is 10.4. The Kier molecular flexibility index (Phi) is 3.66. The van der Waals surface area contributed by atoms with Crippen LogP contribution in [0.25, 0.3) is 0 Å². The molecular weight excluding hydrogens is 297 g/mol. The third kappa shape index (κ3) is 2.58. The van der Waals surface area contributed by atoms with Crippen LogP contribution in [-0.2, 0) is 0 Å². The van der Waals surface area contributed by atoms with E-state index < -0.39 is 0 Å². The largest absolute Gasteiger partial charge is 0.338 e. The summed E-state index contributed by atoms with van der Waals surface area (Å²) in [7, 11) is 0. The first-order chi connectivity index (χ1) is 9.15. The predicted octanol–water partition coefficient (Wildman–Crippen LogP) is 5.57. The van der Waals surface area contributed by atoms with Gasteiger partial charge < -0.3 is 4.90 Å². The molecule has 0 fully saturated rings. The van der Waals surface area contributed by atoms with Gasteiger partial charge in [-0.25, -0.2) is 0 Å². The molecule has 0 bridgehead atoms. The van der Waals surface area contributed by atoms with Crippen molar-refractivity contribution < 1.29 is 0 Å². The Labute approximate surface area is 127 Å². The molecule has 0 spiro atoms. The van der Waals surface area contributed by atoms with Crippen LogP contribution in [0.1, 0.15) is 6.92 Å². The number of anilines is 2. The van der Waals surface area contributed by atoms with Crippen molar-refractivity contribution in [3.8, 4) is 0 Å². The normalized spacial score (nSPS) is 14.8. The van der Waals surface area contributed by atoms with E-state index in [9.17, 15) is 0 Å². The van der Waals surface area contributed by atoms with E-state index in [0.717, 1.165) is 17.3 Å². The second-order valence-corrected chi connectivity index (χ2v) is 6.84. The highest BCUT2D eigenvalue weighted by molar-refractivity contribution is 7.99. The standard InChI is InChI=1S/C15H13Cl2NS/c1-10(16)9-18-12-4-2-3-5-14(12)19-15-7-6-11(17)8-13(15)18/h2-8,10H,9H2,1H3. The molecule has 2 aromatic carbocycles. The molecule has 1 heterocycles. The summed E-state index contributed by atoms with van der Waals surface area (Å²) in [4.78, 5) is 4.74. The summed E-state index contributed by atoms with van der Waals surface area (Å²) < 4.78 is 0. The maximum atomic E-state index is 6.20. The van der Waals surface area contributed by atoms with Crippen LogP contribution in [0.5, 0.6) is 0 Å². The molecule has 4 heteroatoms. The van der Waals surface area contributed by atoms with Crippen molar-refractivity contribution in [2.45, 2.75) is 22.1 Å². The number of halogens is 2. The number of nitrogens with zero attached hydrogens (tertiary/aromatic N) is 1. The molecule has 0 N–H and O–H groups in total. The molecule has 0 aromatic heterocycles. The fourth-order valence-electron chi connectivity index (χ4n) is 2.25. The number of alkyl halides is 1. The smallest absolute Gasteiger partial charge is 0.0568 e. The third-order valence-corrected chi connectivity index (χ3v) is 4.53. The molecule has 0 saturated carbocycles. The van der Waals surface area contributed by atoms with Crippen LogP contribution in [0.2, 0.25) is 5.02 Å². The highest BCUT2D eigenvalue weighted by Gasteiger charge is 2.24. The van der Waals surface area contributed by atoms with Gasteiger partial charge in [-0.3, -0.25) is 0 Å². The summed E-state index contributed by atoms with van der Waals surface area (Å²) in [6.45, 7) is 2.78. The Morgan fingerprint density at radius 1 is 1.11 bits per heavy atom. The van der Waals surface area contributed by atoms with Crippen molar-refractivity contribution in [2.24, 2.45) is 0 Å². The highest BCUT2D eigenvalue weighted by Crippen LogP contribution is 2.48. The van der Waals surface area contributed by atoms with Gasteiger partial charge in [-0.05, 0) is 37.3 Å². The summed E-state index contributed by atoms with van der Waals surface area (Å²) in [6, 6.07) is 14.4.